The molecule has 0 aromatic carbocycles. The Morgan fingerprint density at radius 1 is 0.800 bits per heavy atom. The average molecular weight is 428 g/mol. The second-order valence-corrected chi connectivity index (χ2v) is 7.67. The summed E-state index contributed by atoms with van der Waals surface area (Å²) in [4.78, 5) is 23.2. The molecule has 0 aliphatic carbocycles. The van der Waals surface area contributed by atoms with E-state index < -0.39 is 5.97 Å². The topological polar surface area (TPSA) is 84.9 Å². The van der Waals surface area contributed by atoms with Crippen molar-refractivity contribution in [1.29, 1.82) is 0 Å². The maximum atomic E-state index is 11.7. The van der Waals surface area contributed by atoms with Crippen LogP contribution in [0.5, 0.6) is 0 Å². The first kappa shape index (κ1) is 28.6. The number of carbonyl (C=O) groups excluding carboxylic acids is 2. The van der Waals surface area contributed by atoms with E-state index in [1.54, 1.807) is 0 Å². The van der Waals surface area contributed by atoms with Crippen molar-refractivity contribution in [2.24, 2.45) is 0 Å². The molecule has 0 bridgehead atoms. The maximum Gasteiger partial charge on any atom is 0.325 e. The van der Waals surface area contributed by atoms with E-state index in [0.29, 0.717) is 6.42 Å². The van der Waals surface area contributed by atoms with Crippen LogP contribution in [0.3, 0.4) is 0 Å². The molecule has 0 aliphatic heterocycles. The molecule has 0 unspecified atom stereocenters. The number of hydrogen-bond acceptors (Lipinski definition) is 5. The second kappa shape index (κ2) is 23.9. The largest absolute Gasteiger partial charge is 0.462 e. The first-order valence-electron chi connectivity index (χ1n) is 12.0. The first-order valence-corrected chi connectivity index (χ1v) is 12.0. The van der Waals surface area contributed by atoms with Crippen molar-refractivity contribution >= 4 is 11.9 Å². The summed E-state index contributed by atoms with van der Waals surface area (Å²) in [5.74, 6) is -0.582. The van der Waals surface area contributed by atoms with Gasteiger partial charge in [0.25, 0.3) is 0 Å². The summed E-state index contributed by atoms with van der Waals surface area (Å²) in [5, 5.41) is 11.1. The molecular formula is C24H45NO5. The highest BCUT2D eigenvalue weighted by atomic mass is 16.6. The number of aliphatic hydroxyl groups is 1. The molecule has 0 radical (unpaired) electrons. The SMILES string of the molecule is CCCCCCCC/C=C\CCCCCCCC(=O)NCC(=O)OCCOCCO. The monoisotopic (exact) mass is 427 g/mol. The fourth-order valence-corrected chi connectivity index (χ4v) is 3.05. The summed E-state index contributed by atoms with van der Waals surface area (Å²) in [6.07, 6.45) is 21.1. The lowest BCUT2D eigenvalue weighted by molar-refractivity contribution is -0.145. The normalized spacial score (nSPS) is 11.1. The number of esters is 1. The van der Waals surface area contributed by atoms with Gasteiger partial charge in [-0.2, -0.15) is 0 Å². The van der Waals surface area contributed by atoms with E-state index in [-0.39, 0.29) is 38.9 Å². The second-order valence-electron chi connectivity index (χ2n) is 7.67. The minimum atomic E-state index is -0.472. The van der Waals surface area contributed by atoms with Crippen LogP contribution < -0.4 is 5.32 Å². The van der Waals surface area contributed by atoms with Crippen LogP contribution in [-0.4, -0.2) is 50.0 Å². The van der Waals surface area contributed by atoms with Gasteiger partial charge in [-0.15, -0.1) is 0 Å². The Labute approximate surface area is 183 Å². The minimum absolute atomic E-state index is 0.0552. The fourth-order valence-electron chi connectivity index (χ4n) is 3.05. The van der Waals surface area contributed by atoms with Gasteiger partial charge in [-0.05, 0) is 32.1 Å². The molecule has 0 aromatic heterocycles. The van der Waals surface area contributed by atoms with Crippen molar-refractivity contribution in [2.75, 3.05) is 33.0 Å². The molecule has 6 nitrogen and oxygen atoms in total. The lowest BCUT2D eigenvalue weighted by atomic mass is 10.1. The number of hydrogen-bond donors (Lipinski definition) is 2. The molecule has 0 fully saturated rings. The highest BCUT2D eigenvalue weighted by Gasteiger charge is 2.06. The van der Waals surface area contributed by atoms with Crippen LogP contribution in [0.4, 0.5) is 0 Å². The van der Waals surface area contributed by atoms with Crippen molar-refractivity contribution in [2.45, 2.75) is 96.8 Å². The highest BCUT2D eigenvalue weighted by molar-refractivity contribution is 5.81. The third-order valence-corrected chi connectivity index (χ3v) is 4.82. The standard InChI is InChI=1S/C24H45NO5/c1-2-3-4-5-6-7-8-9-10-11-12-13-14-15-16-17-23(27)25-22-24(28)30-21-20-29-19-18-26/h9-10,26H,2-8,11-22H2,1H3,(H,25,27)/b10-9-. The summed E-state index contributed by atoms with van der Waals surface area (Å²) in [5.41, 5.74) is 0. The predicted octanol–water partition coefficient (Wildman–Crippen LogP) is 4.69. The summed E-state index contributed by atoms with van der Waals surface area (Å²) < 4.78 is 9.88. The predicted molar refractivity (Wildman–Crippen MR) is 121 cm³/mol. The lowest BCUT2D eigenvalue weighted by Crippen LogP contribution is -2.31. The Kier molecular flexibility index (Phi) is 22.8. The van der Waals surface area contributed by atoms with Crippen LogP contribution in [0.25, 0.3) is 0 Å². The molecule has 2 N–H and O–H groups in total. The molecule has 0 rings (SSSR count). The Hall–Kier alpha value is -1.40. The molecule has 0 atom stereocenters. The molecule has 176 valence electrons. The molecule has 0 saturated heterocycles. The van der Waals surface area contributed by atoms with Crippen LogP contribution in [0, 0.1) is 0 Å². The first-order chi connectivity index (χ1) is 14.7. The molecule has 0 aliphatic rings. The van der Waals surface area contributed by atoms with Gasteiger partial charge in [0.1, 0.15) is 13.2 Å². The van der Waals surface area contributed by atoms with E-state index in [2.05, 4.69) is 24.4 Å². The van der Waals surface area contributed by atoms with E-state index in [9.17, 15) is 9.59 Å². The van der Waals surface area contributed by atoms with Crippen LogP contribution in [0.1, 0.15) is 96.8 Å². The summed E-state index contributed by atoms with van der Waals surface area (Å²) in [6.45, 7) is 2.69. The highest BCUT2D eigenvalue weighted by Crippen LogP contribution is 2.09. The van der Waals surface area contributed by atoms with Crippen LogP contribution in [0.15, 0.2) is 12.2 Å². The molecule has 1 amide bonds. The number of rotatable bonds is 22. The van der Waals surface area contributed by atoms with Crippen molar-refractivity contribution in [1.82, 2.24) is 5.32 Å². The van der Waals surface area contributed by atoms with E-state index >= 15 is 0 Å². The Balaban J connectivity index is 3.32. The van der Waals surface area contributed by atoms with E-state index in [1.165, 1.54) is 57.8 Å². The molecule has 0 spiro atoms. The van der Waals surface area contributed by atoms with Gasteiger partial charge in [0, 0.05) is 6.42 Å². The zero-order valence-corrected chi connectivity index (χ0v) is 19.2. The number of ether oxygens (including phenoxy) is 2. The summed E-state index contributed by atoms with van der Waals surface area (Å²) in [6, 6.07) is 0. The number of amides is 1. The van der Waals surface area contributed by atoms with Crippen LogP contribution in [0.2, 0.25) is 0 Å². The maximum absolute atomic E-state index is 11.7. The van der Waals surface area contributed by atoms with Gasteiger partial charge in [-0.3, -0.25) is 9.59 Å². The molecule has 0 saturated carbocycles. The van der Waals surface area contributed by atoms with Crippen LogP contribution in [-0.2, 0) is 19.1 Å². The molecular weight excluding hydrogens is 382 g/mol. The quantitative estimate of drug-likeness (QED) is 0.149. The minimum Gasteiger partial charge on any atom is -0.462 e. The molecule has 6 heteroatoms. The van der Waals surface area contributed by atoms with Gasteiger partial charge in [0.15, 0.2) is 0 Å². The van der Waals surface area contributed by atoms with E-state index in [0.717, 1.165) is 25.7 Å². The molecule has 0 heterocycles. The number of carbonyl (C=O) groups is 2. The third kappa shape index (κ3) is 22.9. The molecule has 0 aromatic rings. The lowest BCUT2D eigenvalue weighted by Gasteiger charge is -2.07. The Morgan fingerprint density at radius 2 is 1.40 bits per heavy atom. The average Bonchev–Trinajstić information content (AvgIpc) is 2.74. The van der Waals surface area contributed by atoms with Gasteiger partial charge in [-0.1, -0.05) is 70.4 Å². The van der Waals surface area contributed by atoms with Crippen LogP contribution >= 0.6 is 0 Å². The Bertz CT molecular complexity index is 426. The molecule has 30 heavy (non-hydrogen) atoms. The van der Waals surface area contributed by atoms with Crippen molar-refractivity contribution in [3.05, 3.63) is 12.2 Å². The summed E-state index contributed by atoms with van der Waals surface area (Å²) in [7, 11) is 0. The fraction of sp³-hybridized carbons (Fsp3) is 0.833. The van der Waals surface area contributed by atoms with Crippen molar-refractivity contribution < 1.29 is 24.2 Å². The summed E-state index contributed by atoms with van der Waals surface area (Å²) >= 11 is 0. The number of nitrogens with one attached hydrogen (secondary N) is 1. The Morgan fingerprint density at radius 3 is 2.03 bits per heavy atom. The zero-order valence-electron chi connectivity index (χ0n) is 19.2. The number of unbranched alkanes of at least 4 members (excludes halogenated alkanes) is 11. The van der Waals surface area contributed by atoms with E-state index in [1.807, 2.05) is 0 Å². The zero-order chi connectivity index (χ0) is 22.1. The smallest absolute Gasteiger partial charge is 0.325 e. The van der Waals surface area contributed by atoms with E-state index in [4.69, 9.17) is 14.6 Å². The van der Waals surface area contributed by atoms with Gasteiger partial charge >= 0.3 is 5.97 Å². The van der Waals surface area contributed by atoms with Crippen molar-refractivity contribution in [3.8, 4) is 0 Å². The van der Waals surface area contributed by atoms with Crippen molar-refractivity contribution in [3.63, 3.8) is 0 Å². The number of aliphatic hydroxyl groups excluding tert-OH is 1. The van der Waals surface area contributed by atoms with Gasteiger partial charge < -0.3 is 19.9 Å². The van der Waals surface area contributed by atoms with Gasteiger partial charge in [0.2, 0.25) is 5.91 Å². The van der Waals surface area contributed by atoms with Gasteiger partial charge in [-0.25, -0.2) is 0 Å². The third-order valence-electron chi connectivity index (χ3n) is 4.82. The van der Waals surface area contributed by atoms with Gasteiger partial charge in [0.05, 0.1) is 19.8 Å². The number of allylic oxidation sites excluding steroid dienone is 2.